The molecular weight excluding hydrogens is 474 g/mol. The molecule has 5 unspecified atom stereocenters. The number of nitro benzene ring substituents is 1. The lowest BCUT2D eigenvalue weighted by Gasteiger charge is -2.28. The average Bonchev–Trinajstić information content (AvgIpc) is 3.52. The van der Waals surface area contributed by atoms with Crippen molar-refractivity contribution >= 4 is 40.7 Å². The lowest BCUT2D eigenvalue weighted by Crippen LogP contribution is -2.38. The standard InChI is InChI=1S/C25H22ClN3O6/c1-35-20-9-8-17(29(33)34)11-18(20)27-21(30)12-19(13-4-6-16(26)7-5-13)28-24(31)22-14-2-3-15(10-14)23(22)25(28)32/h2-9,11,14-15,19,22-23H,10,12H2,1H3,(H,27,30). The number of imide groups is 1. The number of fused-ring (bicyclic) bond motifs is 5. The van der Waals surface area contributed by atoms with Gasteiger partial charge in [0.1, 0.15) is 5.75 Å². The highest BCUT2D eigenvalue weighted by atomic mass is 35.5. The SMILES string of the molecule is COc1ccc([N+](=O)[O-])cc1NC(=O)CC(c1ccc(Cl)cc1)N1C(=O)C2C3C=CC(C3)C2C1=O. The van der Waals surface area contributed by atoms with Crippen LogP contribution in [0.2, 0.25) is 5.02 Å². The summed E-state index contributed by atoms with van der Waals surface area (Å²) in [6, 6.07) is 9.68. The fourth-order valence-electron chi connectivity index (χ4n) is 5.56. The summed E-state index contributed by atoms with van der Waals surface area (Å²) in [4.78, 5) is 51.9. The van der Waals surface area contributed by atoms with E-state index in [4.69, 9.17) is 16.3 Å². The van der Waals surface area contributed by atoms with E-state index in [9.17, 15) is 24.5 Å². The van der Waals surface area contributed by atoms with Gasteiger partial charge in [-0.3, -0.25) is 29.4 Å². The molecule has 10 heteroatoms. The number of rotatable bonds is 7. The molecule has 3 amide bonds. The Hall–Kier alpha value is -3.72. The van der Waals surface area contributed by atoms with Crippen LogP contribution in [0.3, 0.4) is 0 Å². The molecule has 1 saturated carbocycles. The molecule has 35 heavy (non-hydrogen) atoms. The first-order valence-corrected chi connectivity index (χ1v) is 11.6. The van der Waals surface area contributed by atoms with Crippen LogP contribution in [0.25, 0.3) is 0 Å². The summed E-state index contributed by atoms with van der Waals surface area (Å²) < 4.78 is 5.22. The van der Waals surface area contributed by atoms with Crippen molar-refractivity contribution < 1.29 is 24.0 Å². The van der Waals surface area contributed by atoms with Crippen LogP contribution in [0, 0.1) is 33.8 Å². The summed E-state index contributed by atoms with van der Waals surface area (Å²) in [7, 11) is 1.38. The summed E-state index contributed by atoms with van der Waals surface area (Å²) in [5.41, 5.74) is 0.508. The number of nitro groups is 1. The van der Waals surface area contributed by atoms with E-state index in [1.165, 1.54) is 30.2 Å². The number of benzene rings is 2. The van der Waals surface area contributed by atoms with Crippen molar-refractivity contribution in [1.82, 2.24) is 4.90 Å². The molecule has 2 aliphatic carbocycles. The van der Waals surface area contributed by atoms with Gasteiger partial charge in [0.2, 0.25) is 17.7 Å². The van der Waals surface area contributed by atoms with Crippen molar-refractivity contribution in [2.24, 2.45) is 23.7 Å². The number of anilines is 1. The molecule has 5 atom stereocenters. The smallest absolute Gasteiger partial charge is 0.271 e. The van der Waals surface area contributed by atoms with Gasteiger partial charge in [-0.15, -0.1) is 0 Å². The fourth-order valence-corrected chi connectivity index (χ4v) is 5.69. The van der Waals surface area contributed by atoms with Crippen molar-refractivity contribution in [1.29, 1.82) is 0 Å². The number of amides is 3. The summed E-state index contributed by atoms with van der Waals surface area (Å²) in [6.07, 6.45) is 4.60. The van der Waals surface area contributed by atoms with Crippen LogP contribution >= 0.6 is 11.6 Å². The van der Waals surface area contributed by atoms with Gasteiger partial charge in [0.15, 0.2) is 0 Å². The molecule has 180 valence electrons. The lowest BCUT2D eigenvalue weighted by atomic mass is 9.85. The maximum Gasteiger partial charge on any atom is 0.271 e. The van der Waals surface area contributed by atoms with E-state index in [2.05, 4.69) is 5.32 Å². The topological polar surface area (TPSA) is 119 Å². The summed E-state index contributed by atoms with van der Waals surface area (Å²) in [5.74, 6) is -1.52. The second kappa shape index (κ2) is 8.81. The molecule has 5 rings (SSSR count). The van der Waals surface area contributed by atoms with Gasteiger partial charge in [0, 0.05) is 17.2 Å². The molecule has 0 aromatic heterocycles. The van der Waals surface area contributed by atoms with Crippen molar-refractivity contribution in [3.8, 4) is 5.75 Å². The normalized spacial score (nSPS) is 25.0. The zero-order valence-electron chi connectivity index (χ0n) is 18.7. The van der Waals surface area contributed by atoms with E-state index in [1.54, 1.807) is 24.3 Å². The van der Waals surface area contributed by atoms with Crippen LogP contribution in [0.5, 0.6) is 5.75 Å². The van der Waals surface area contributed by atoms with Gasteiger partial charge in [-0.05, 0) is 42.0 Å². The van der Waals surface area contributed by atoms with Crippen LogP contribution in [0.15, 0.2) is 54.6 Å². The zero-order valence-corrected chi connectivity index (χ0v) is 19.5. The molecule has 1 aliphatic heterocycles. The predicted molar refractivity (Wildman–Crippen MR) is 127 cm³/mol. The monoisotopic (exact) mass is 495 g/mol. The number of methoxy groups -OCH3 is 1. The number of hydrogen-bond donors (Lipinski definition) is 1. The number of allylic oxidation sites excluding steroid dienone is 2. The Balaban J connectivity index is 1.44. The largest absolute Gasteiger partial charge is 0.495 e. The number of halogens is 1. The highest BCUT2D eigenvalue weighted by Crippen LogP contribution is 2.54. The third kappa shape index (κ3) is 3.95. The van der Waals surface area contributed by atoms with Gasteiger partial charge in [-0.25, -0.2) is 0 Å². The van der Waals surface area contributed by atoms with E-state index < -0.39 is 28.7 Å². The highest BCUT2D eigenvalue weighted by molar-refractivity contribution is 6.30. The third-order valence-electron chi connectivity index (χ3n) is 7.12. The van der Waals surface area contributed by atoms with Gasteiger partial charge in [-0.2, -0.15) is 0 Å². The Labute approximate surface area is 205 Å². The molecular formula is C25H22ClN3O6. The average molecular weight is 496 g/mol. The number of non-ortho nitro benzene ring substituents is 1. The molecule has 2 fully saturated rings. The van der Waals surface area contributed by atoms with Crippen LogP contribution in [-0.4, -0.2) is 34.7 Å². The number of nitrogens with zero attached hydrogens (tertiary/aromatic N) is 2. The minimum absolute atomic E-state index is 0.0419. The first kappa shape index (κ1) is 23.0. The fraction of sp³-hybridized carbons (Fsp3) is 0.320. The van der Waals surface area contributed by atoms with Gasteiger partial charge in [0.05, 0.1) is 42.0 Å². The first-order valence-electron chi connectivity index (χ1n) is 11.2. The van der Waals surface area contributed by atoms with E-state index in [0.29, 0.717) is 10.6 Å². The first-order chi connectivity index (χ1) is 16.8. The quantitative estimate of drug-likeness (QED) is 0.267. The van der Waals surface area contributed by atoms with Gasteiger partial charge >= 0.3 is 0 Å². The van der Waals surface area contributed by atoms with Crippen LogP contribution in [-0.2, 0) is 14.4 Å². The second-order valence-electron chi connectivity index (χ2n) is 9.01. The molecule has 0 radical (unpaired) electrons. The minimum atomic E-state index is -0.845. The van der Waals surface area contributed by atoms with Crippen LogP contribution in [0.4, 0.5) is 11.4 Å². The van der Waals surface area contributed by atoms with Crippen molar-refractivity contribution in [2.45, 2.75) is 18.9 Å². The summed E-state index contributed by atoms with van der Waals surface area (Å²) >= 11 is 6.04. The van der Waals surface area contributed by atoms with Gasteiger partial charge < -0.3 is 10.1 Å². The number of carbonyl (C=O) groups is 3. The van der Waals surface area contributed by atoms with Crippen molar-refractivity contribution in [3.05, 3.63) is 75.3 Å². The second-order valence-corrected chi connectivity index (χ2v) is 9.44. The van der Waals surface area contributed by atoms with E-state index >= 15 is 0 Å². The summed E-state index contributed by atoms with van der Waals surface area (Å²) in [5, 5.41) is 14.3. The van der Waals surface area contributed by atoms with Crippen LogP contribution in [0.1, 0.15) is 24.4 Å². The molecule has 2 aromatic carbocycles. The third-order valence-corrected chi connectivity index (χ3v) is 7.37. The van der Waals surface area contributed by atoms with Crippen LogP contribution < -0.4 is 10.1 Å². The van der Waals surface area contributed by atoms with E-state index in [1.807, 2.05) is 12.2 Å². The van der Waals surface area contributed by atoms with Crippen molar-refractivity contribution in [3.63, 3.8) is 0 Å². The molecule has 2 aromatic rings. The number of carbonyl (C=O) groups excluding carboxylic acids is 3. The Bertz CT molecular complexity index is 1230. The Morgan fingerprint density at radius 3 is 2.34 bits per heavy atom. The molecule has 1 heterocycles. The Kier molecular flexibility index (Phi) is 5.80. The number of hydrogen-bond acceptors (Lipinski definition) is 6. The van der Waals surface area contributed by atoms with Gasteiger partial charge in [-0.1, -0.05) is 35.9 Å². The summed E-state index contributed by atoms with van der Waals surface area (Å²) in [6.45, 7) is 0. The maximum absolute atomic E-state index is 13.4. The van der Waals surface area contributed by atoms with Gasteiger partial charge in [0.25, 0.3) is 5.69 Å². The van der Waals surface area contributed by atoms with E-state index in [-0.39, 0.29) is 47.2 Å². The molecule has 9 nitrogen and oxygen atoms in total. The zero-order chi connectivity index (χ0) is 24.9. The Morgan fingerprint density at radius 2 is 1.77 bits per heavy atom. The predicted octanol–water partition coefficient (Wildman–Crippen LogP) is 4.13. The molecule has 2 bridgehead atoms. The maximum atomic E-state index is 13.4. The minimum Gasteiger partial charge on any atom is -0.495 e. The van der Waals surface area contributed by atoms with Crippen molar-refractivity contribution in [2.75, 3.05) is 12.4 Å². The molecule has 1 saturated heterocycles. The number of ether oxygens (including phenoxy) is 1. The lowest BCUT2D eigenvalue weighted by molar-refractivity contribution is -0.384. The number of nitrogens with one attached hydrogen (secondary N) is 1. The van der Waals surface area contributed by atoms with E-state index in [0.717, 1.165) is 6.42 Å². The molecule has 1 N–H and O–H groups in total. The number of likely N-dealkylation sites (tertiary alicyclic amines) is 1. The Morgan fingerprint density at radius 1 is 1.14 bits per heavy atom. The molecule has 0 spiro atoms. The highest BCUT2D eigenvalue weighted by Gasteiger charge is 2.60. The molecule has 3 aliphatic rings.